The van der Waals surface area contributed by atoms with E-state index in [2.05, 4.69) is 30.6 Å². The number of tetrazole rings is 1. The second kappa shape index (κ2) is 8.38. The predicted molar refractivity (Wildman–Crippen MR) is 95.2 cm³/mol. The van der Waals surface area contributed by atoms with Crippen molar-refractivity contribution < 1.29 is 31.7 Å². The van der Waals surface area contributed by atoms with Crippen LogP contribution in [0.4, 0.5) is 4.79 Å². The Labute approximate surface area is 171 Å². The Kier molecular flexibility index (Phi) is 5.83. The largest absolute Gasteiger partial charge is 0.418 e. The van der Waals surface area contributed by atoms with Crippen LogP contribution in [-0.2, 0) is 30.9 Å². The maximum atomic E-state index is 12.5. The molecule has 3 aliphatic heterocycles. The summed E-state index contributed by atoms with van der Waals surface area (Å²) >= 11 is 0. The summed E-state index contributed by atoms with van der Waals surface area (Å²) in [5, 5.41) is 14.9. The minimum Gasteiger partial charge on any atom is -0.311 e. The summed E-state index contributed by atoms with van der Waals surface area (Å²) in [5.41, 5.74) is 2.37. The zero-order chi connectivity index (χ0) is 21.3. The maximum absolute atomic E-state index is 12.5. The molecule has 4 rings (SSSR count). The molecule has 0 saturated carbocycles. The van der Waals surface area contributed by atoms with Gasteiger partial charge in [0.1, 0.15) is 12.4 Å². The van der Waals surface area contributed by atoms with Gasteiger partial charge in [-0.1, -0.05) is 0 Å². The molecule has 3 saturated heterocycles. The lowest BCUT2D eigenvalue weighted by atomic mass is 10.0. The van der Waals surface area contributed by atoms with Crippen molar-refractivity contribution in [2.45, 2.75) is 43.9 Å². The molecule has 1 aromatic rings. The van der Waals surface area contributed by atoms with Gasteiger partial charge < -0.3 is 10.2 Å². The molecule has 30 heavy (non-hydrogen) atoms. The predicted octanol–water partition coefficient (Wildman–Crippen LogP) is -2.30. The standard InChI is InChI=1S/C14H22N8O7S/c23-13(12-2-1-11-6-21(12)14(24)22(11)29-30(25,26)27)17-28-7-10-3-9(4-15-10)5-20-8-16-18-19-20/h8-12,15H,1-7H2,(H,17,23)(H,25,26,27)/t9-,10+,11+,12-/m0/s1. The van der Waals surface area contributed by atoms with Gasteiger partial charge in [0, 0.05) is 25.7 Å². The number of hydrogen-bond acceptors (Lipinski definition) is 10. The highest BCUT2D eigenvalue weighted by atomic mass is 32.3. The number of fused-ring (bicyclic) bond motifs is 2. The molecule has 16 heteroatoms. The fourth-order valence-electron chi connectivity index (χ4n) is 4.08. The summed E-state index contributed by atoms with van der Waals surface area (Å²) < 4.78 is 36.7. The summed E-state index contributed by atoms with van der Waals surface area (Å²) in [7, 11) is -4.83. The van der Waals surface area contributed by atoms with Gasteiger partial charge in [0.15, 0.2) is 0 Å². The van der Waals surface area contributed by atoms with Gasteiger partial charge in [-0.3, -0.25) is 14.2 Å². The van der Waals surface area contributed by atoms with Crippen molar-refractivity contribution in [1.29, 1.82) is 0 Å². The quantitative estimate of drug-likeness (QED) is 0.288. The van der Waals surface area contributed by atoms with Gasteiger partial charge in [0.25, 0.3) is 5.91 Å². The third-order valence-electron chi connectivity index (χ3n) is 5.41. The number of nitrogens with one attached hydrogen (secondary N) is 2. The third-order valence-corrected chi connectivity index (χ3v) is 5.76. The van der Waals surface area contributed by atoms with E-state index in [0.29, 0.717) is 30.4 Å². The molecule has 1 aromatic heterocycles. The van der Waals surface area contributed by atoms with Crippen molar-refractivity contribution in [3.8, 4) is 0 Å². The number of hydrogen-bond donors (Lipinski definition) is 3. The molecule has 2 bridgehead atoms. The van der Waals surface area contributed by atoms with E-state index in [4.69, 9.17) is 9.39 Å². The van der Waals surface area contributed by atoms with E-state index in [1.165, 1.54) is 4.90 Å². The SMILES string of the molecule is O=C(NOC[C@H]1C[C@H](Cn2cnnn2)CN1)[C@@H]1CC[C@@H]2CN1C(=O)N2OS(=O)(=O)O. The Hall–Kier alpha value is -2.40. The first-order chi connectivity index (χ1) is 14.3. The molecule has 166 valence electrons. The Morgan fingerprint density at radius 2 is 2.23 bits per heavy atom. The fraction of sp³-hybridized carbons (Fsp3) is 0.786. The number of piperidine rings is 1. The Morgan fingerprint density at radius 3 is 2.97 bits per heavy atom. The van der Waals surface area contributed by atoms with Crippen LogP contribution < -0.4 is 10.8 Å². The van der Waals surface area contributed by atoms with E-state index in [0.717, 1.165) is 13.0 Å². The molecule has 4 heterocycles. The fourth-order valence-corrected chi connectivity index (χ4v) is 4.47. The van der Waals surface area contributed by atoms with Gasteiger partial charge in [0.2, 0.25) is 0 Å². The number of carbonyl (C=O) groups excluding carboxylic acids is 2. The number of urea groups is 1. The molecule has 3 aliphatic rings. The van der Waals surface area contributed by atoms with Crippen molar-refractivity contribution >= 4 is 22.3 Å². The number of amides is 3. The van der Waals surface area contributed by atoms with Crippen LogP contribution in [-0.4, -0.2) is 92.9 Å². The second-order valence-electron chi connectivity index (χ2n) is 7.53. The first-order valence-corrected chi connectivity index (χ1v) is 10.8. The number of aromatic nitrogens is 4. The minimum atomic E-state index is -4.83. The summed E-state index contributed by atoms with van der Waals surface area (Å²) in [5.74, 6) is -0.164. The van der Waals surface area contributed by atoms with Gasteiger partial charge in [-0.15, -0.1) is 9.38 Å². The normalized spacial score (nSPS) is 28.9. The average molecular weight is 446 g/mol. The van der Waals surface area contributed by atoms with Crippen molar-refractivity contribution in [1.82, 2.24) is 41.0 Å². The van der Waals surface area contributed by atoms with Crippen molar-refractivity contribution in [2.75, 3.05) is 19.7 Å². The van der Waals surface area contributed by atoms with Crippen LogP contribution in [0.25, 0.3) is 0 Å². The van der Waals surface area contributed by atoms with Crippen LogP contribution in [0.5, 0.6) is 0 Å². The molecule has 3 fully saturated rings. The zero-order valence-corrected chi connectivity index (χ0v) is 16.6. The van der Waals surface area contributed by atoms with Gasteiger partial charge in [0.05, 0.1) is 12.6 Å². The first kappa shape index (κ1) is 20.9. The Bertz CT molecular complexity index is 881. The monoisotopic (exact) mass is 446 g/mol. The van der Waals surface area contributed by atoms with E-state index in [-0.39, 0.29) is 19.2 Å². The molecule has 4 atom stereocenters. The third kappa shape index (κ3) is 4.67. The van der Waals surface area contributed by atoms with Gasteiger partial charge >= 0.3 is 16.4 Å². The van der Waals surface area contributed by atoms with E-state index in [1.807, 2.05) is 0 Å². The number of rotatable bonds is 8. The van der Waals surface area contributed by atoms with Crippen LogP contribution in [0.2, 0.25) is 0 Å². The molecule has 0 radical (unpaired) electrons. The molecule has 0 spiro atoms. The number of hydroxylamine groups is 3. The molecular weight excluding hydrogens is 424 g/mol. The molecule has 3 amide bonds. The summed E-state index contributed by atoms with van der Waals surface area (Å²) in [6, 6.07) is -2.11. The minimum absolute atomic E-state index is 0.0505. The topological polar surface area (TPSA) is 181 Å². The summed E-state index contributed by atoms with van der Waals surface area (Å²) in [4.78, 5) is 31.3. The van der Waals surface area contributed by atoms with E-state index in [1.54, 1.807) is 11.0 Å². The van der Waals surface area contributed by atoms with Crippen LogP contribution >= 0.6 is 0 Å². The average Bonchev–Trinajstić information content (AvgIpc) is 3.40. The molecular formula is C14H22N8O7S. The van der Waals surface area contributed by atoms with Crippen molar-refractivity contribution in [2.24, 2.45) is 5.92 Å². The molecule has 3 N–H and O–H groups in total. The maximum Gasteiger partial charge on any atom is 0.418 e. The number of nitrogens with zero attached hydrogens (tertiary/aromatic N) is 6. The molecule has 0 aliphatic carbocycles. The summed E-state index contributed by atoms with van der Waals surface area (Å²) in [6.07, 6.45) is 3.04. The number of carbonyl (C=O) groups is 2. The van der Waals surface area contributed by atoms with E-state index in [9.17, 15) is 18.0 Å². The molecule has 0 aromatic carbocycles. The van der Waals surface area contributed by atoms with Gasteiger partial charge in [-0.05, 0) is 35.6 Å². The first-order valence-electron chi connectivity index (χ1n) is 9.43. The van der Waals surface area contributed by atoms with Crippen LogP contribution in [0.1, 0.15) is 19.3 Å². The highest BCUT2D eigenvalue weighted by Gasteiger charge is 2.49. The van der Waals surface area contributed by atoms with Crippen LogP contribution in [0.3, 0.4) is 0 Å². The second-order valence-corrected chi connectivity index (χ2v) is 8.53. The molecule has 0 unspecified atom stereocenters. The Balaban J connectivity index is 1.22. The van der Waals surface area contributed by atoms with Gasteiger partial charge in [-0.2, -0.15) is 13.5 Å². The Morgan fingerprint density at radius 1 is 1.40 bits per heavy atom. The highest BCUT2D eigenvalue weighted by molar-refractivity contribution is 7.80. The van der Waals surface area contributed by atoms with Gasteiger partial charge in [-0.25, -0.2) is 15.0 Å². The van der Waals surface area contributed by atoms with Crippen molar-refractivity contribution in [3.05, 3.63) is 6.33 Å². The van der Waals surface area contributed by atoms with Crippen LogP contribution in [0.15, 0.2) is 6.33 Å². The lowest BCUT2D eigenvalue weighted by Gasteiger charge is -2.29. The molecule has 15 nitrogen and oxygen atoms in total. The van der Waals surface area contributed by atoms with Crippen molar-refractivity contribution in [3.63, 3.8) is 0 Å². The van der Waals surface area contributed by atoms with E-state index < -0.39 is 34.4 Å². The van der Waals surface area contributed by atoms with E-state index >= 15 is 0 Å². The lowest BCUT2D eigenvalue weighted by molar-refractivity contribution is -0.139. The smallest absolute Gasteiger partial charge is 0.311 e. The lowest BCUT2D eigenvalue weighted by Crippen LogP contribution is -2.50. The summed E-state index contributed by atoms with van der Waals surface area (Å²) in [6.45, 7) is 1.83. The zero-order valence-electron chi connectivity index (χ0n) is 15.8. The van der Waals surface area contributed by atoms with Crippen LogP contribution in [0, 0.1) is 5.92 Å². The highest BCUT2D eigenvalue weighted by Crippen LogP contribution is 2.30.